The first-order chi connectivity index (χ1) is 7.74. The van der Waals surface area contributed by atoms with Gasteiger partial charge in [0.2, 0.25) is 0 Å². The maximum absolute atomic E-state index is 12.0. The van der Waals surface area contributed by atoms with Gasteiger partial charge in [-0.3, -0.25) is 4.79 Å². The van der Waals surface area contributed by atoms with Crippen LogP contribution in [0.4, 0.5) is 0 Å². The van der Waals surface area contributed by atoms with Crippen molar-refractivity contribution in [2.24, 2.45) is 0 Å². The van der Waals surface area contributed by atoms with Crippen LogP contribution in [0.5, 0.6) is 0 Å². The number of carbonyl (C=O) groups excluding carboxylic acids is 1. The molecule has 0 aliphatic heterocycles. The number of benzene rings is 1. The molecule has 2 aromatic rings. The number of Topliss-reactive ketones (excluding diaryl/α,β-unsaturated/α-hetero) is 1. The molecule has 1 nitrogen and oxygen atoms in total. The Hall–Kier alpha value is -0.670. The van der Waals surface area contributed by atoms with Crippen LogP contribution in [0.1, 0.15) is 36.5 Å². The maximum Gasteiger partial charge on any atom is 0.164 e. The number of halogens is 1. The van der Waals surface area contributed by atoms with E-state index in [1.807, 2.05) is 23.6 Å². The molecule has 0 aliphatic rings. The summed E-state index contributed by atoms with van der Waals surface area (Å²) in [5, 5.41) is 3.06. The van der Waals surface area contributed by atoms with Gasteiger partial charge in [0.05, 0.1) is 0 Å². The lowest BCUT2D eigenvalue weighted by Crippen LogP contribution is -1.96. The Balaban J connectivity index is 2.38. The number of hydrogen-bond donors (Lipinski definition) is 0. The van der Waals surface area contributed by atoms with Crippen LogP contribution in [0.2, 0.25) is 0 Å². The molecule has 0 saturated heterocycles. The molecule has 0 bridgehead atoms. The quantitative estimate of drug-likeness (QED) is 0.723. The highest BCUT2D eigenvalue weighted by Crippen LogP contribution is 2.32. The monoisotopic (exact) mass is 296 g/mol. The molecule has 16 heavy (non-hydrogen) atoms. The Kier molecular flexibility index (Phi) is 3.77. The van der Waals surface area contributed by atoms with Crippen molar-refractivity contribution in [3.63, 3.8) is 0 Å². The van der Waals surface area contributed by atoms with E-state index >= 15 is 0 Å². The van der Waals surface area contributed by atoms with Crippen LogP contribution in [0.3, 0.4) is 0 Å². The molecule has 0 fully saturated rings. The third kappa shape index (κ3) is 2.20. The zero-order chi connectivity index (χ0) is 11.5. The highest BCUT2D eigenvalue weighted by molar-refractivity contribution is 9.10. The van der Waals surface area contributed by atoms with Gasteiger partial charge in [0.25, 0.3) is 0 Å². The minimum Gasteiger partial charge on any atom is -0.294 e. The summed E-state index contributed by atoms with van der Waals surface area (Å²) >= 11 is 5.15. The molecule has 0 atom stereocenters. The average Bonchev–Trinajstić information content (AvgIpc) is 2.71. The van der Waals surface area contributed by atoms with Crippen LogP contribution in [-0.2, 0) is 0 Å². The van der Waals surface area contributed by atoms with Gasteiger partial charge in [0.1, 0.15) is 0 Å². The predicted octanol–water partition coefficient (Wildman–Crippen LogP) is 5.04. The molecule has 0 N–H and O–H groups in total. The first-order valence-electron chi connectivity index (χ1n) is 5.43. The van der Waals surface area contributed by atoms with Gasteiger partial charge in [0, 0.05) is 31.9 Å². The molecule has 0 unspecified atom stereocenters. The Morgan fingerprint density at radius 1 is 1.44 bits per heavy atom. The fraction of sp³-hybridized carbons (Fsp3) is 0.308. The largest absolute Gasteiger partial charge is 0.294 e. The van der Waals surface area contributed by atoms with Gasteiger partial charge in [-0.25, -0.2) is 0 Å². The van der Waals surface area contributed by atoms with Gasteiger partial charge < -0.3 is 0 Å². The second-order valence-corrected chi connectivity index (χ2v) is 5.53. The summed E-state index contributed by atoms with van der Waals surface area (Å²) in [6, 6.07) is 6.02. The topological polar surface area (TPSA) is 17.1 Å². The summed E-state index contributed by atoms with van der Waals surface area (Å²) in [5.74, 6) is 0.270. The van der Waals surface area contributed by atoms with Crippen molar-refractivity contribution in [2.45, 2.75) is 26.2 Å². The van der Waals surface area contributed by atoms with Gasteiger partial charge in [-0.1, -0.05) is 25.5 Å². The molecule has 0 amide bonds. The molecule has 0 radical (unpaired) electrons. The number of thiophene rings is 1. The second-order valence-electron chi connectivity index (χ2n) is 3.79. The van der Waals surface area contributed by atoms with Crippen molar-refractivity contribution in [3.8, 4) is 0 Å². The highest BCUT2D eigenvalue weighted by Gasteiger charge is 2.12. The van der Waals surface area contributed by atoms with Crippen molar-refractivity contribution in [1.82, 2.24) is 0 Å². The van der Waals surface area contributed by atoms with E-state index < -0.39 is 0 Å². The summed E-state index contributed by atoms with van der Waals surface area (Å²) in [5.41, 5.74) is 0.884. The zero-order valence-electron chi connectivity index (χ0n) is 9.13. The number of rotatable bonds is 4. The fourth-order valence-corrected chi connectivity index (χ4v) is 3.34. The van der Waals surface area contributed by atoms with E-state index in [1.165, 1.54) is 4.70 Å². The standard InChI is InChI=1S/C13H13BrOS/c1-2-3-7-12(15)10-8-16-13-9(10)5-4-6-11(13)14/h4-6,8H,2-3,7H2,1H3. The van der Waals surface area contributed by atoms with Gasteiger partial charge in [-0.2, -0.15) is 0 Å². The van der Waals surface area contributed by atoms with E-state index in [1.54, 1.807) is 11.3 Å². The maximum atomic E-state index is 12.0. The number of fused-ring (bicyclic) bond motifs is 1. The third-order valence-corrected chi connectivity index (χ3v) is 4.56. The lowest BCUT2D eigenvalue weighted by Gasteiger charge is -1.98. The minimum absolute atomic E-state index is 0.270. The van der Waals surface area contributed by atoms with Crippen molar-refractivity contribution in [3.05, 3.63) is 33.6 Å². The van der Waals surface area contributed by atoms with Gasteiger partial charge >= 0.3 is 0 Å². The van der Waals surface area contributed by atoms with Gasteiger partial charge in [-0.05, 0) is 28.4 Å². The number of hydrogen-bond acceptors (Lipinski definition) is 2. The van der Waals surface area contributed by atoms with E-state index in [4.69, 9.17) is 0 Å². The van der Waals surface area contributed by atoms with Crippen molar-refractivity contribution in [2.75, 3.05) is 0 Å². The van der Waals surface area contributed by atoms with Crippen LogP contribution in [0.25, 0.3) is 10.1 Å². The van der Waals surface area contributed by atoms with Crippen LogP contribution >= 0.6 is 27.3 Å². The molecule has 3 heteroatoms. The Morgan fingerprint density at radius 3 is 3.00 bits per heavy atom. The molecule has 0 spiro atoms. The van der Waals surface area contributed by atoms with Crippen molar-refractivity contribution < 1.29 is 4.79 Å². The second kappa shape index (κ2) is 5.11. The lowest BCUT2D eigenvalue weighted by molar-refractivity contribution is 0.0982. The molecule has 84 valence electrons. The number of unbranched alkanes of at least 4 members (excludes halogenated alkanes) is 1. The molecule has 1 aromatic carbocycles. The summed E-state index contributed by atoms with van der Waals surface area (Å²) in [4.78, 5) is 12.0. The summed E-state index contributed by atoms with van der Waals surface area (Å²) in [7, 11) is 0. The Bertz CT molecular complexity index is 516. The van der Waals surface area contributed by atoms with Gasteiger partial charge in [-0.15, -0.1) is 11.3 Å². The molecular weight excluding hydrogens is 284 g/mol. The van der Waals surface area contributed by atoms with E-state index in [0.29, 0.717) is 6.42 Å². The smallest absolute Gasteiger partial charge is 0.164 e. The van der Waals surface area contributed by atoms with E-state index in [0.717, 1.165) is 28.3 Å². The molecular formula is C13H13BrOS. The van der Waals surface area contributed by atoms with Crippen LogP contribution in [-0.4, -0.2) is 5.78 Å². The molecule has 1 heterocycles. The normalized spacial score (nSPS) is 10.9. The highest BCUT2D eigenvalue weighted by atomic mass is 79.9. The number of ketones is 1. The molecule has 0 saturated carbocycles. The summed E-state index contributed by atoms with van der Waals surface area (Å²) in [6.07, 6.45) is 2.70. The van der Waals surface area contributed by atoms with E-state index in [2.05, 4.69) is 22.9 Å². The third-order valence-electron chi connectivity index (χ3n) is 2.61. The van der Waals surface area contributed by atoms with Gasteiger partial charge in [0.15, 0.2) is 5.78 Å². The Labute approximate surface area is 108 Å². The predicted molar refractivity (Wildman–Crippen MR) is 73.4 cm³/mol. The lowest BCUT2D eigenvalue weighted by atomic mass is 10.1. The number of carbonyl (C=O) groups is 1. The first-order valence-corrected chi connectivity index (χ1v) is 7.10. The Morgan fingerprint density at radius 2 is 2.25 bits per heavy atom. The molecule has 0 aliphatic carbocycles. The summed E-state index contributed by atoms with van der Waals surface area (Å²) in [6.45, 7) is 2.11. The van der Waals surface area contributed by atoms with Crippen LogP contribution in [0, 0.1) is 0 Å². The molecule has 1 aromatic heterocycles. The van der Waals surface area contributed by atoms with Crippen LogP contribution < -0.4 is 0 Å². The van der Waals surface area contributed by atoms with E-state index in [-0.39, 0.29) is 5.78 Å². The summed E-state index contributed by atoms with van der Waals surface area (Å²) < 4.78 is 2.24. The first kappa shape index (κ1) is 11.8. The van der Waals surface area contributed by atoms with Crippen LogP contribution in [0.15, 0.2) is 28.1 Å². The van der Waals surface area contributed by atoms with Crippen molar-refractivity contribution >= 4 is 43.1 Å². The average molecular weight is 297 g/mol. The van der Waals surface area contributed by atoms with Crippen molar-refractivity contribution in [1.29, 1.82) is 0 Å². The minimum atomic E-state index is 0.270. The SMILES string of the molecule is CCCCC(=O)c1csc2c(Br)cccc12. The fourth-order valence-electron chi connectivity index (χ4n) is 1.71. The van der Waals surface area contributed by atoms with E-state index in [9.17, 15) is 4.79 Å². The zero-order valence-corrected chi connectivity index (χ0v) is 11.5. The molecule has 2 rings (SSSR count).